The molecule has 42 heavy (non-hydrogen) atoms. The number of ether oxygens (including phenoxy) is 1. The molecule has 0 N–H and O–H groups in total. The van der Waals surface area contributed by atoms with Crippen molar-refractivity contribution in [2.75, 3.05) is 4.90 Å². The second kappa shape index (κ2) is 13.9. The SMILES string of the molecule is CC(C)(C)OC(=O)C(=CSc1ccccc1)[C@@H](c1cccc(N(Cc2ccccc2)Cc2ccccc2)c1)C(C)(C)C. The molecule has 0 radical (unpaired) electrons. The molecule has 1 atom stereocenters. The van der Waals surface area contributed by atoms with E-state index in [1.165, 1.54) is 11.1 Å². The van der Waals surface area contributed by atoms with E-state index in [0.717, 1.165) is 29.2 Å². The third-order valence-electron chi connectivity index (χ3n) is 6.88. The Morgan fingerprint density at radius 1 is 0.738 bits per heavy atom. The molecule has 0 fully saturated rings. The van der Waals surface area contributed by atoms with Gasteiger partial charge in [-0.25, -0.2) is 4.79 Å². The predicted octanol–water partition coefficient (Wildman–Crippen LogP) is 10.0. The Hall–Kier alpha value is -3.76. The van der Waals surface area contributed by atoms with E-state index in [9.17, 15) is 4.79 Å². The highest BCUT2D eigenvalue weighted by molar-refractivity contribution is 8.02. The number of benzene rings is 4. The smallest absolute Gasteiger partial charge is 0.335 e. The number of carbonyl (C=O) groups excluding carboxylic acids is 1. The molecule has 0 aromatic heterocycles. The standard InChI is InChI=1S/C38H43NO2S/c1-37(2,3)35(34(36(40)41-38(4,5)6)28-42-33-23-14-9-15-24-33)31-21-16-22-32(25-31)39(26-29-17-10-7-11-18-29)27-30-19-12-8-13-20-30/h7-25,28,35H,26-27H2,1-6H3/t35-/m1/s1. The Bertz CT molecular complexity index is 1410. The van der Waals surface area contributed by atoms with Crippen LogP contribution in [0.4, 0.5) is 5.69 Å². The average Bonchev–Trinajstić information content (AvgIpc) is 2.95. The summed E-state index contributed by atoms with van der Waals surface area (Å²) in [4.78, 5) is 17.3. The van der Waals surface area contributed by atoms with E-state index in [-0.39, 0.29) is 17.3 Å². The second-order valence-corrected chi connectivity index (χ2v) is 13.7. The number of hydrogen-bond acceptors (Lipinski definition) is 4. The first-order valence-corrected chi connectivity index (χ1v) is 15.5. The molecule has 4 rings (SSSR count). The number of hydrogen-bond donors (Lipinski definition) is 0. The third kappa shape index (κ3) is 9.12. The Labute approximate surface area is 256 Å². The molecule has 0 aliphatic carbocycles. The van der Waals surface area contributed by atoms with Gasteiger partial charge >= 0.3 is 5.97 Å². The molecule has 0 aliphatic heterocycles. The van der Waals surface area contributed by atoms with Gasteiger partial charge in [0.15, 0.2) is 0 Å². The summed E-state index contributed by atoms with van der Waals surface area (Å²) >= 11 is 1.56. The van der Waals surface area contributed by atoms with E-state index in [4.69, 9.17) is 4.74 Å². The summed E-state index contributed by atoms with van der Waals surface area (Å²) < 4.78 is 5.99. The van der Waals surface area contributed by atoms with Gasteiger partial charge in [-0.3, -0.25) is 0 Å². The Balaban J connectivity index is 1.77. The molecule has 4 aromatic rings. The third-order valence-corrected chi connectivity index (χ3v) is 7.79. The van der Waals surface area contributed by atoms with Crippen LogP contribution in [0.2, 0.25) is 0 Å². The normalized spacial score (nSPS) is 13.0. The maximum absolute atomic E-state index is 13.8. The number of anilines is 1. The average molecular weight is 578 g/mol. The van der Waals surface area contributed by atoms with Gasteiger partial charge in [-0.2, -0.15) is 0 Å². The fourth-order valence-corrected chi connectivity index (χ4v) is 5.90. The number of thioether (sulfide) groups is 1. The van der Waals surface area contributed by atoms with Gasteiger partial charge in [0, 0.05) is 29.6 Å². The molecule has 4 heteroatoms. The zero-order valence-electron chi connectivity index (χ0n) is 25.7. The highest BCUT2D eigenvalue weighted by atomic mass is 32.2. The predicted molar refractivity (Wildman–Crippen MR) is 178 cm³/mol. The molecular weight excluding hydrogens is 534 g/mol. The zero-order valence-corrected chi connectivity index (χ0v) is 26.5. The molecule has 3 nitrogen and oxygen atoms in total. The minimum absolute atomic E-state index is 0.182. The molecule has 0 saturated heterocycles. The van der Waals surface area contributed by atoms with Crippen molar-refractivity contribution in [2.24, 2.45) is 5.41 Å². The molecule has 0 saturated carbocycles. The van der Waals surface area contributed by atoms with Crippen LogP contribution in [0.5, 0.6) is 0 Å². The van der Waals surface area contributed by atoms with Gasteiger partial charge in [0.2, 0.25) is 0 Å². The first-order chi connectivity index (χ1) is 20.0. The summed E-state index contributed by atoms with van der Waals surface area (Å²) in [5.41, 5.74) is 4.54. The van der Waals surface area contributed by atoms with E-state index >= 15 is 0 Å². The Morgan fingerprint density at radius 3 is 1.76 bits per heavy atom. The molecule has 0 amide bonds. The van der Waals surface area contributed by atoms with E-state index < -0.39 is 5.60 Å². The number of esters is 1. The topological polar surface area (TPSA) is 29.5 Å². The molecular formula is C38H43NO2S. The van der Waals surface area contributed by atoms with Crippen LogP contribution in [0.25, 0.3) is 0 Å². The molecule has 218 valence electrons. The monoisotopic (exact) mass is 577 g/mol. The van der Waals surface area contributed by atoms with Gasteiger partial charge in [-0.15, -0.1) is 0 Å². The number of rotatable bonds is 10. The van der Waals surface area contributed by atoms with Gasteiger partial charge in [0.25, 0.3) is 0 Å². The molecule has 0 heterocycles. The lowest BCUT2D eigenvalue weighted by atomic mass is 9.72. The largest absolute Gasteiger partial charge is 0.457 e. The van der Waals surface area contributed by atoms with Crippen LogP contribution in [0, 0.1) is 5.41 Å². The molecule has 4 aromatic carbocycles. The minimum atomic E-state index is -0.597. The quantitative estimate of drug-likeness (QED) is 0.107. The van der Waals surface area contributed by atoms with Crippen LogP contribution in [-0.4, -0.2) is 11.6 Å². The van der Waals surface area contributed by atoms with Crippen molar-refractivity contribution in [3.8, 4) is 0 Å². The highest BCUT2D eigenvalue weighted by Gasteiger charge is 2.35. The van der Waals surface area contributed by atoms with Crippen molar-refractivity contribution < 1.29 is 9.53 Å². The molecule has 0 aliphatic rings. The van der Waals surface area contributed by atoms with Gasteiger partial charge in [0.05, 0.1) is 5.57 Å². The van der Waals surface area contributed by atoms with Crippen LogP contribution in [0.1, 0.15) is 64.2 Å². The van der Waals surface area contributed by atoms with Crippen LogP contribution in [0.15, 0.2) is 131 Å². The van der Waals surface area contributed by atoms with Crippen molar-refractivity contribution in [3.63, 3.8) is 0 Å². The number of carbonyl (C=O) groups is 1. The van der Waals surface area contributed by atoms with Crippen molar-refractivity contribution >= 4 is 23.4 Å². The summed E-state index contributed by atoms with van der Waals surface area (Å²) in [7, 11) is 0. The fourth-order valence-electron chi connectivity index (χ4n) is 5.09. The van der Waals surface area contributed by atoms with E-state index in [2.05, 4.69) is 123 Å². The first-order valence-electron chi connectivity index (χ1n) is 14.6. The van der Waals surface area contributed by atoms with Crippen molar-refractivity contribution in [2.45, 2.75) is 71.0 Å². The van der Waals surface area contributed by atoms with Crippen LogP contribution in [-0.2, 0) is 22.6 Å². The van der Waals surface area contributed by atoms with Crippen LogP contribution >= 0.6 is 11.8 Å². The van der Waals surface area contributed by atoms with Gasteiger partial charge in [-0.1, -0.05) is 124 Å². The van der Waals surface area contributed by atoms with Crippen LogP contribution in [0.3, 0.4) is 0 Å². The number of nitrogens with zero attached hydrogens (tertiary/aromatic N) is 1. The lowest BCUT2D eigenvalue weighted by Gasteiger charge is -2.34. The Morgan fingerprint density at radius 2 is 1.26 bits per heavy atom. The maximum Gasteiger partial charge on any atom is 0.335 e. The minimum Gasteiger partial charge on any atom is -0.457 e. The second-order valence-electron chi connectivity index (χ2n) is 12.7. The first kappa shape index (κ1) is 31.2. The van der Waals surface area contributed by atoms with Gasteiger partial charge in [-0.05, 0) is 72.6 Å². The maximum atomic E-state index is 13.8. The lowest BCUT2D eigenvalue weighted by molar-refractivity contribution is -0.150. The summed E-state index contributed by atoms with van der Waals surface area (Å²) in [5.74, 6) is -0.458. The molecule has 0 bridgehead atoms. The van der Waals surface area contributed by atoms with E-state index in [1.807, 2.05) is 44.4 Å². The van der Waals surface area contributed by atoms with Gasteiger partial charge < -0.3 is 9.64 Å². The van der Waals surface area contributed by atoms with E-state index in [0.29, 0.717) is 5.57 Å². The van der Waals surface area contributed by atoms with Crippen molar-refractivity contribution in [1.82, 2.24) is 0 Å². The summed E-state index contributed by atoms with van der Waals surface area (Å²) in [5, 5.41) is 2.00. The summed E-state index contributed by atoms with van der Waals surface area (Å²) in [6.45, 7) is 13.9. The molecule has 0 unspecified atom stereocenters. The van der Waals surface area contributed by atoms with E-state index in [1.54, 1.807) is 11.8 Å². The molecule has 0 spiro atoms. The zero-order chi connectivity index (χ0) is 30.2. The van der Waals surface area contributed by atoms with Crippen molar-refractivity contribution in [3.05, 3.63) is 143 Å². The summed E-state index contributed by atoms with van der Waals surface area (Å²) in [6.07, 6.45) is 0. The lowest BCUT2D eigenvalue weighted by Crippen LogP contribution is -2.30. The van der Waals surface area contributed by atoms with Crippen LogP contribution < -0.4 is 4.90 Å². The Kier molecular flexibility index (Phi) is 10.3. The fraction of sp³-hybridized carbons (Fsp3) is 0.289. The summed E-state index contributed by atoms with van der Waals surface area (Å²) in [6, 6.07) is 40.0. The highest BCUT2D eigenvalue weighted by Crippen LogP contribution is 2.44. The van der Waals surface area contributed by atoms with Gasteiger partial charge in [0.1, 0.15) is 5.60 Å². The van der Waals surface area contributed by atoms with Crippen molar-refractivity contribution in [1.29, 1.82) is 0 Å².